The summed E-state index contributed by atoms with van der Waals surface area (Å²) in [5.41, 5.74) is 0.0404. The molecule has 1 heterocycles. The number of hydrogen-bond donors (Lipinski definition) is 0. The lowest BCUT2D eigenvalue weighted by Gasteiger charge is -2.23. The molecule has 180 valence electrons. The molecule has 1 saturated heterocycles. The minimum atomic E-state index is -0.989. The van der Waals surface area contributed by atoms with Crippen LogP contribution < -0.4 is 0 Å². The highest BCUT2D eigenvalue weighted by Crippen LogP contribution is 2.38. The highest BCUT2D eigenvalue weighted by Gasteiger charge is 2.50. The summed E-state index contributed by atoms with van der Waals surface area (Å²) >= 11 is 1.33. The molecule has 1 aliphatic heterocycles. The predicted octanol–water partition coefficient (Wildman–Crippen LogP) is 4.52. The summed E-state index contributed by atoms with van der Waals surface area (Å²) < 4.78 is 23.0. The van der Waals surface area contributed by atoms with Crippen molar-refractivity contribution < 1.29 is 33.3 Å². The third kappa shape index (κ3) is 6.49. The van der Waals surface area contributed by atoms with Gasteiger partial charge in [-0.25, -0.2) is 9.59 Å². The van der Waals surface area contributed by atoms with Gasteiger partial charge in [-0.15, -0.1) is 0 Å². The Bertz CT molecular complexity index is 1140. The van der Waals surface area contributed by atoms with E-state index in [0.29, 0.717) is 11.1 Å². The van der Waals surface area contributed by atoms with Gasteiger partial charge in [0.1, 0.15) is 18.1 Å². The van der Waals surface area contributed by atoms with Crippen molar-refractivity contribution in [1.29, 1.82) is 0 Å². The Morgan fingerprint density at radius 2 is 1.29 bits per heavy atom. The average molecular weight is 493 g/mol. The lowest BCUT2D eigenvalue weighted by molar-refractivity contribution is -0.151. The van der Waals surface area contributed by atoms with Crippen LogP contribution in [0.1, 0.15) is 27.6 Å². The van der Waals surface area contributed by atoms with E-state index in [1.165, 1.54) is 18.7 Å². The van der Waals surface area contributed by atoms with Crippen molar-refractivity contribution in [3.8, 4) is 0 Å². The van der Waals surface area contributed by atoms with Crippen LogP contribution in [0, 0.1) is 0 Å². The number of thioether (sulfide) groups is 1. The van der Waals surface area contributed by atoms with Gasteiger partial charge in [0.2, 0.25) is 0 Å². The van der Waals surface area contributed by atoms with Crippen molar-refractivity contribution in [1.82, 2.24) is 0 Å². The standard InChI is InChI=1S/C27H24O7S/c1-18(28)32-24-23(34-26(30)20-13-7-3-8-14-20)22(17-31-25(29)19-11-5-2-6-12-19)33-27(24)35-21-15-9-4-10-16-21/h2-16,22-24,27H,17H2,1H3/t22-,23-,24+,27-/m1/s1. The average Bonchev–Trinajstić information content (AvgIpc) is 3.19. The lowest BCUT2D eigenvalue weighted by Crippen LogP contribution is -2.41. The van der Waals surface area contributed by atoms with E-state index in [-0.39, 0.29) is 6.61 Å². The van der Waals surface area contributed by atoms with Crippen molar-refractivity contribution >= 4 is 29.7 Å². The number of carbonyl (C=O) groups excluding carboxylic acids is 3. The van der Waals surface area contributed by atoms with E-state index < -0.39 is 41.7 Å². The van der Waals surface area contributed by atoms with E-state index in [0.717, 1.165) is 4.90 Å². The zero-order valence-corrected chi connectivity index (χ0v) is 19.8. The van der Waals surface area contributed by atoms with Crippen molar-refractivity contribution in [2.45, 2.75) is 35.6 Å². The smallest absolute Gasteiger partial charge is 0.338 e. The molecule has 3 aromatic rings. The molecule has 0 bridgehead atoms. The second-order valence-corrected chi connectivity index (χ2v) is 8.92. The maximum Gasteiger partial charge on any atom is 0.338 e. The highest BCUT2D eigenvalue weighted by atomic mass is 32.2. The van der Waals surface area contributed by atoms with Crippen LogP contribution in [0.15, 0.2) is 95.9 Å². The molecule has 0 radical (unpaired) electrons. The topological polar surface area (TPSA) is 88.1 Å². The van der Waals surface area contributed by atoms with Gasteiger partial charge in [0, 0.05) is 11.8 Å². The van der Waals surface area contributed by atoms with Crippen LogP contribution in [0.5, 0.6) is 0 Å². The Morgan fingerprint density at radius 1 is 0.743 bits per heavy atom. The fourth-order valence-corrected chi connectivity index (χ4v) is 4.72. The Kier molecular flexibility index (Phi) is 8.18. The molecular formula is C27H24O7S. The highest BCUT2D eigenvalue weighted by molar-refractivity contribution is 7.99. The Morgan fingerprint density at radius 3 is 1.86 bits per heavy atom. The molecule has 0 aliphatic carbocycles. The third-order valence-electron chi connectivity index (χ3n) is 5.21. The van der Waals surface area contributed by atoms with Crippen LogP contribution >= 0.6 is 11.8 Å². The zero-order chi connectivity index (χ0) is 24.6. The first-order chi connectivity index (χ1) is 17.0. The molecule has 0 N–H and O–H groups in total. The maximum absolute atomic E-state index is 12.9. The van der Waals surface area contributed by atoms with Crippen LogP contribution in [0.4, 0.5) is 0 Å². The SMILES string of the molecule is CC(=O)O[C@H]1[C@H](OC(=O)c2ccccc2)[C@@H](COC(=O)c2ccccc2)O[C@@H]1Sc1ccccc1. The van der Waals surface area contributed by atoms with Crippen LogP contribution in [-0.4, -0.2) is 48.3 Å². The van der Waals surface area contributed by atoms with Crippen molar-refractivity contribution in [2.75, 3.05) is 6.61 Å². The molecule has 4 atom stereocenters. The van der Waals surface area contributed by atoms with Gasteiger partial charge in [-0.05, 0) is 36.4 Å². The first kappa shape index (κ1) is 24.5. The van der Waals surface area contributed by atoms with E-state index in [9.17, 15) is 14.4 Å². The summed E-state index contributed by atoms with van der Waals surface area (Å²) in [4.78, 5) is 38.2. The van der Waals surface area contributed by atoms with Gasteiger partial charge in [0.25, 0.3) is 0 Å². The van der Waals surface area contributed by atoms with Gasteiger partial charge in [0.05, 0.1) is 11.1 Å². The van der Waals surface area contributed by atoms with Crippen LogP contribution in [-0.2, 0) is 23.7 Å². The van der Waals surface area contributed by atoms with Gasteiger partial charge in [-0.1, -0.05) is 66.4 Å². The second kappa shape index (κ2) is 11.7. The van der Waals surface area contributed by atoms with E-state index in [1.807, 2.05) is 30.3 Å². The Balaban J connectivity index is 1.56. The molecule has 8 heteroatoms. The fourth-order valence-electron chi connectivity index (χ4n) is 3.59. The van der Waals surface area contributed by atoms with Crippen LogP contribution in [0.3, 0.4) is 0 Å². The molecule has 7 nitrogen and oxygen atoms in total. The molecule has 0 spiro atoms. The molecule has 4 rings (SSSR count). The van der Waals surface area contributed by atoms with Gasteiger partial charge in [-0.2, -0.15) is 0 Å². The summed E-state index contributed by atoms with van der Waals surface area (Å²) in [7, 11) is 0. The molecule has 0 unspecified atom stereocenters. The van der Waals surface area contributed by atoms with Gasteiger partial charge in [-0.3, -0.25) is 4.79 Å². The minimum Gasteiger partial charge on any atom is -0.459 e. The molecule has 35 heavy (non-hydrogen) atoms. The molecule has 0 aromatic heterocycles. The number of carbonyl (C=O) groups is 3. The van der Waals surface area contributed by atoms with Crippen LogP contribution in [0.25, 0.3) is 0 Å². The number of benzene rings is 3. The summed E-state index contributed by atoms with van der Waals surface area (Å²) in [5.74, 6) is -1.67. The number of rotatable bonds is 8. The van der Waals surface area contributed by atoms with Gasteiger partial charge < -0.3 is 18.9 Å². The number of esters is 3. The fraction of sp³-hybridized carbons (Fsp3) is 0.222. The maximum atomic E-state index is 12.9. The second-order valence-electron chi connectivity index (χ2n) is 7.75. The van der Waals surface area contributed by atoms with E-state index >= 15 is 0 Å². The summed E-state index contributed by atoms with van der Waals surface area (Å²) in [5, 5.41) is 0. The third-order valence-corrected chi connectivity index (χ3v) is 6.36. The Hall–Kier alpha value is -3.62. The molecule has 1 aliphatic rings. The lowest BCUT2D eigenvalue weighted by atomic mass is 10.1. The molecule has 0 saturated carbocycles. The predicted molar refractivity (Wildman–Crippen MR) is 129 cm³/mol. The normalized spacial score (nSPS) is 21.2. The largest absolute Gasteiger partial charge is 0.459 e. The summed E-state index contributed by atoms with van der Waals surface area (Å²) in [6, 6.07) is 26.5. The first-order valence-corrected chi connectivity index (χ1v) is 11.9. The summed E-state index contributed by atoms with van der Waals surface area (Å²) in [6.45, 7) is 1.09. The van der Waals surface area contributed by atoms with Gasteiger partial charge in [0.15, 0.2) is 12.2 Å². The number of hydrogen-bond acceptors (Lipinski definition) is 8. The molecule has 3 aromatic carbocycles. The molecule has 1 fully saturated rings. The molecular weight excluding hydrogens is 468 g/mol. The van der Waals surface area contributed by atoms with Crippen molar-refractivity contribution in [3.05, 3.63) is 102 Å². The monoisotopic (exact) mass is 492 g/mol. The van der Waals surface area contributed by atoms with E-state index in [2.05, 4.69) is 0 Å². The summed E-state index contributed by atoms with van der Waals surface area (Å²) in [6.07, 6.45) is -2.75. The van der Waals surface area contributed by atoms with Crippen molar-refractivity contribution in [2.24, 2.45) is 0 Å². The van der Waals surface area contributed by atoms with E-state index in [4.69, 9.17) is 18.9 Å². The van der Waals surface area contributed by atoms with Crippen LogP contribution in [0.2, 0.25) is 0 Å². The Labute approximate surface area is 207 Å². The van der Waals surface area contributed by atoms with Crippen molar-refractivity contribution in [3.63, 3.8) is 0 Å². The zero-order valence-electron chi connectivity index (χ0n) is 18.9. The minimum absolute atomic E-state index is 0.190. The van der Waals surface area contributed by atoms with E-state index in [1.54, 1.807) is 60.7 Å². The molecule has 0 amide bonds. The number of ether oxygens (including phenoxy) is 4. The van der Waals surface area contributed by atoms with Gasteiger partial charge >= 0.3 is 17.9 Å². The first-order valence-electron chi connectivity index (χ1n) is 11.0. The quantitative estimate of drug-likeness (QED) is 0.335.